The van der Waals surface area contributed by atoms with Crippen LogP contribution in [0.2, 0.25) is 0 Å². The average molecular weight is 323 g/mol. The van der Waals surface area contributed by atoms with Gasteiger partial charge in [0.15, 0.2) is 0 Å². The molecular weight excluding hydrogens is 306 g/mol. The number of carbonyl (C=O) groups excluding carboxylic acids is 1. The first kappa shape index (κ1) is 15.9. The number of aromatic nitrogens is 1. The smallest absolute Gasteiger partial charge is 0.280 e. The van der Waals surface area contributed by atoms with Crippen LogP contribution in [0.5, 0.6) is 5.75 Å². The van der Waals surface area contributed by atoms with Crippen LogP contribution in [0.15, 0.2) is 47.2 Å². The van der Waals surface area contributed by atoms with Gasteiger partial charge in [-0.05, 0) is 32.1 Å². The monoisotopic (exact) mass is 323 g/mol. The standard InChI is InChI=1S/C18H17N3O3/c1-11-15(8-16-13(10-22)9-19-12(2)17(16)23)18(24)21(20-11)14-6-4-3-5-7-14/h3-9,22-23H,10H2,1-2H3/b15-8-. The molecule has 0 aliphatic carbocycles. The van der Waals surface area contributed by atoms with Gasteiger partial charge in [-0.2, -0.15) is 10.1 Å². The zero-order chi connectivity index (χ0) is 17.3. The molecule has 0 unspecified atom stereocenters. The van der Waals surface area contributed by atoms with E-state index in [-0.39, 0.29) is 18.3 Å². The molecule has 0 radical (unpaired) electrons. The van der Waals surface area contributed by atoms with Crippen LogP contribution < -0.4 is 5.01 Å². The molecule has 1 amide bonds. The number of rotatable bonds is 3. The Bertz CT molecular complexity index is 857. The molecule has 1 aliphatic heterocycles. The molecule has 1 aromatic heterocycles. The maximum Gasteiger partial charge on any atom is 0.280 e. The fourth-order valence-corrected chi connectivity index (χ4v) is 2.51. The van der Waals surface area contributed by atoms with Crippen molar-refractivity contribution in [2.45, 2.75) is 20.5 Å². The number of para-hydroxylation sites is 1. The summed E-state index contributed by atoms with van der Waals surface area (Å²) in [6, 6.07) is 9.12. The zero-order valence-corrected chi connectivity index (χ0v) is 13.4. The first-order chi connectivity index (χ1) is 11.5. The highest BCUT2D eigenvalue weighted by molar-refractivity contribution is 6.32. The molecular formula is C18H17N3O3. The van der Waals surface area contributed by atoms with Gasteiger partial charge in [0.2, 0.25) is 0 Å². The van der Waals surface area contributed by atoms with E-state index >= 15 is 0 Å². The third kappa shape index (κ3) is 2.68. The minimum atomic E-state index is -0.285. The Kier molecular flexibility index (Phi) is 4.14. The lowest BCUT2D eigenvalue weighted by molar-refractivity contribution is -0.114. The molecule has 0 fully saturated rings. The van der Waals surface area contributed by atoms with Crippen LogP contribution in [0.4, 0.5) is 5.69 Å². The van der Waals surface area contributed by atoms with Gasteiger partial charge in [-0.25, -0.2) is 0 Å². The molecule has 24 heavy (non-hydrogen) atoms. The third-order valence-corrected chi connectivity index (χ3v) is 3.88. The van der Waals surface area contributed by atoms with Crippen molar-refractivity contribution in [2.75, 3.05) is 5.01 Å². The third-order valence-electron chi connectivity index (χ3n) is 3.88. The average Bonchev–Trinajstić information content (AvgIpc) is 2.88. The summed E-state index contributed by atoms with van der Waals surface area (Å²) in [5, 5.41) is 25.3. The molecule has 2 aromatic rings. The number of hydrazone groups is 1. The number of aliphatic hydroxyl groups excluding tert-OH is 1. The molecule has 0 saturated heterocycles. The van der Waals surface area contributed by atoms with E-state index in [1.807, 2.05) is 18.2 Å². The highest BCUT2D eigenvalue weighted by Crippen LogP contribution is 2.30. The summed E-state index contributed by atoms with van der Waals surface area (Å²) in [5.41, 5.74) is 2.85. The molecule has 122 valence electrons. The molecule has 0 spiro atoms. The summed E-state index contributed by atoms with van der Waals surface area (Å²) in [6.07, 6.45) is 3.04. The van der Waals surface area contributed by atoms with E-state index in [1.165, 1.54) is 11.2 Å². The van der Waals surface area contributed by atoms with Gasteiger partial charge in [-0.3, -0.25) is 9.78 Å². The summed E-state index contributed by atoms with van der Waals surface area (Å²) in [7, 11) is 0. The predicted octanol–water partition coefficient (Wildman–Crippen LogP) is 2.39. The van der Waals surface area contributed by atoms with Crippen molar-refractivity contribution >= 4 is 23.4 Å². The maximum absolute atomic E-state index is 12.7. The number of aryl methyl sites for hydroxylation is 1. The van der Waals surface area contributed by atoms with Crippen LogP contribution in [0.25, 0.3) is 6.08 Å². The Morgan fingerprint density at radius 1 is 1.21 bits per heavy atom. The van der Waals surface area contributed by atoms with Crippen molar-refractivity contribution < 1.29 is 15.0 Å². The number of anilines is 1. The molecule has 6 heteroatoms. The Labute approximate surface area is 139 Å². The fraction of sp³-hybridized carbons (Fsp3) is 0.167. The summed E-state index contributed by atoms with van der Waals surface area (Å²) in [6.45, 7) is 3.11. The number of benzene rings is 1. The number of nitrogens with zero attached hydrogens (tertiary/aromatic N) is 3. The van der Waals surface area contributed by atoms with Crippen molar-refractivity contribution in [3.63, 3.8) is 0 Å². The van der Waals surface area contributed by atoms with E-state index in [0.717, 1.165) is 0 Å². The number of carbonyl (C=O) groups is 1. The lowest BCUT2D eigenvalue weighted by Crippen LogP contribution is -2.21. The Hall–Kier alpha value is -2.99. The van der Waals surface area contributed by atoms with Gasteiger partial charge < -0.3 is 10.2 Å². The number of hydrogen-bond acceptors (Lipinski definition) is 5. The maximum atomic E-state index is 12.7. The second-order valence-corrected chi connectivity index (χ2v) is 5.49. The van der Waals surface area contributed by atoms with Crippen LogP contribution in [-0.2, 0) is 11.4 Å². The van der Waals surface area contributed by atoms with E-state index in [1.54, 1.807) is 32.1 Å². The van der Waals surface area contributed by atoms with Crippen LogP contribution in [0.1, 0.15) is 23.7 Å². The minimum absolute atomic E-state index is 0.0483. The molecule has 0 bridgehead atoms. The largest absolute Gasteiger partial charge is 0.505 e. The molecule has 6 nitrogen and oxygen atoms in total. The fourth-order valence-electron chi connectivity index (χ4n) is 2.51. The van der Waals surface area contributed by atoms with E-state index in [0.29, 0.717) is 33.8 Å². The Balaban J connectivity index is 2.06. The number of aromatic hydroxyl groups is 1. The van der Waals surface area contributed by atoms with Gasteiger partial charge in [0.25, 0.3) is 5.91 Å². The van der Waals surface area contributed by atoms with Crippen LogP contribution in [-0.4, -0.2) is 26.8 Å². The van der Waals surface area contributed by atoms with Crippen molar-refractivity contribution in [3.8, 4) is 5.75 Å². The van der Waals surface area contributed by atoms with Crippen LogP contribution in [0, 0.1) is 6.92 Å². The first-order valence-corrected chi connectivity index (χ1v) is 7.48. The topological polar surface area (TPSA) is 86.0 Å². The number of aliphatic hydroxyl groups is 1. The second kappa shape index (κ2) is 6.25. The minimum Gasteiger partial charge on any atom is -0.505 e. The van der Waals surface area contributed by atoms with Gasteiger partial charge in [-0.1, -0.05) is 18.2 Å². The van der Waals surface area contributed by atoms with E-state index in [4.69, 9.17) is 0 Å². The van der Waals surface area contributed by atoms with Gasteiger partial charge in [0.1, 0.15) is 5.75 Å². The molecule has 3 rings (SSSR count). The Morgan fingerprint density at radius 2 is 1.92 bits per heavy atom. The highest BCUT2D eigenvalue weighted by Gasteiger charge is 2.29. The van der Waals surface area contributed by atoms with Crippen molar-refractivity contribution in [1.29, 1.82) is 0 Å². The van der Waals surface area contributed by atoms with E-state index in [9.17, 15) is 15.0 Å². The van der Waals surface area contributed by atoms with Crippen LogP contribution >= 0.6 is 0 Å². The number of hydrogen-bond donors (Lipinski definition) is 2. The summed E-state index contributed by atoms with van der Waals surface area (Å²) in [4.78, 5) is 16.7. The molecule has 1 aromatic carbocycles. The molecule has 2 heterocycles. The van der Waals surface area contributed by atoms with Gasteiger partial charge in [0, 0.05) is 17.3 Å². The molecule has 0 saturated carbocycles. The lowest BCUT2D eigenvalue weighted by Gasteiger charge is -2.12. The van der Waals surface area contributed by atoms with Gasteiger partial charge in [-0.15, -0.1) is 0 Å². The van der Waals surface area contributed by atoms with E-state index in [2.05, 4.69) is 10.1 Å². The van der Waals surface area contributed by atoms with Crippen molar-refractivity contribution in [1.82, 2.24) is 4.98 Å². The first-order valence-electron chi connectivity index (χ1n) is 7.48. The number of pyridine rings is 1. The van der Waals surface area contributed by atoms with Crippen molar-refractivity contribution in [3.05, 3.63) is 58.9 Å². The van der Waals surface area contributed by atoms with Crippen molar-refractivity contribution in [2.24, 2.45) is 5.10 Å². The normalized spacial score (nSPS) is 16.0. The van der Waals surface area contributed by atoms with Crippen LogP contribution in [0.3, 0.4) is 0 Å². The zero-order valence-electron chi connectivity index (χ0n) is 13.4. The summed E-state index contributed by atoms with van der Waals surface area (Å²) >= 11 is 0. The molecule has 2 N–H and O–H groups in total. The van der Waals surface area contributed by atoms with E-state index < -0.39 is 0 Å². The predicted molar refractivity (Wildman–Crippen MR) is 91.6 cm³/mol. The summed E-state index contributed by atoms with van der Waals surface area (Å²) in [5.74, 6) is -0.329. The Morgan fingerprint density at radius 3 is 2.58 bits per heavy atom. The SMILES string of the molecule is CC1=NN(c2ccccc2)C(=O)/C1=C\c1c(CO)cnc(C)c1O. The molecule has 0 atom stereocenters. The molecule has 1 aliphatic rings. The second-order valence-electron chi connectivity index (χ2n) is 5.49. The lowest BCUT2D eigenvalue weighted by atomic mass is 10.0. The van der Waals surface area contributed by atoms with Gasteiger partial charge >= 0.3 is 0 Å². The highest BCUT2D eigenvalue weighted by atomic mass is 16.3. The summed E-state index contributed by atoms with van der Waals surface area (Å²) < 4.78 is 0. The van der Waals surface area contributed by atoms with Gasteiger partial charge in [0.05, 0.1) is 29.3 Å². The quantitative estimate of drug-likeness (QED) is 0.849. The number of amides is 1.